The smallest absolute Gasteiger partial charge is 0.418 e. The lowest BCUT2D eigenvalue weighted by Gasteiger charge is -2.39. The number of carbonyl (C=O) groups is 4. The van der Waals surface area contributed by atoms with Crippen molar-refractivity contribution in [2.24, 2.45) is 11.8 Å². The van der Waals surface area contributed by atoms with E-state index in [0.29, 0.717) is 29.1 Å². The van der Waals surface area contributed by atoms with Crippen LogP contribution in [0.1, 0.15) is 97.8 Å². The molecule has 5 atom stereocenters. The maximum absolute atomic E-state index is 14.8. The SMILES string of the molecule is CCOC(=O)c1csc([C@H](NC(=O)[C@]2(NC(=O)[C@@H](NC(=O)Cc3ccccc3F)[C@@H](C)CC)CCc3[nH]c4c(C(F)(F)F)cccc4c3C2)[C@@H](C)CC)n1. The first-order valence-corrected chi connectivity index (χ1v) is 19.0. The predicted molar refractivity (Wildman–Crippen MR) is 196 cm³/mol. The van der Waals surface area contributed by atoms with Gasteiger partial charge < -0.3 is 25.7 Å². The highest BCUT2D eigenvalue weighted by Crippen LogP contribution is 2.40. The average molecular weight is 772 g/mol. The lowest BCUT2D eigenvalue weighted by Crippen LogP contribution is -2.65. The third-order valence-electron chi connectivity index (χ3n) is 10.3. The zero-order valence-electron chi connectivity index (χ0n) is 30.8. The number of alkyl halides is 3. The minimum Gasteiger partial charge on any atom is -0.461 e. The number of nitrogens with zero attached hydrogens (tertiary/aromatic N) is 1. The van der Waals surface area contributed by atoms with Crippen LogP contribution in [-0.4, -0.2) is 51.8 Å². The number of para-hydroxylation sites is 1. The van der Waals surface area contributed by atoms with Gasteiger partial charge in [-0.15, -0.1) is 11.3 Å². The summed E-state index contributed by atoms with van der Waals surface area (Å²) < 4.78 is 61.7. The maximum Gasteiger partial charge on any atom is 0.418 e. The van der Waals surface area contributed by atoms with E-state index in [1.54, 1.807) is 31.4 Å². The Bertz CT molecular complexity index is 2010. The quantitative estimate of drug-likeness (QED) is 0.0806. The minimum atomic E-state index is -4.64. The fraction of sp³-hybridized carbons (Fsp3) is 0.462. The Morgan fingerprint density at radius 3 is 2.39 bits per heavy atom. The van der Waals surface area contributed by atoms with Crippen molar-refractivity contribution in [1.29, 1.82) is 0 Å². The highest BCUT2D eigenvalue weighted by atomic mass is 32.1. The van der Waals surface area contributed by atoms with Crippen molar-refractivity contribution < 1.29 is 41.5 Å². The lowest BCUT2D eigenvalue weighted by molar-refractivity contribution is -0.137. The lowest BCUT2D eigenvalue weighted by atomic mass is 9.78. The van der Waals surface area contributed by atoms with E-state index in [2.05, 4.69) is 25.9 Å². The molecule has 0 saturated carbocycles. The number of aromatic amines is 1. The number of hydrogen-bond donors (Lipinski definition) is 4. The first-order valence-electron chi connectivity index (χ1n) is 18.1. The molecule has 5 rings (SSSR count). The number of H-pyrrole nitrogens is 1. The van der Waals surface area contributed by atoms with Gasteiger partial charge in [0.05, 0.1) is 30.1 Å². The summed E-state index contributed by atoms with van der Waals surface area (Å²) in [6.45, 7) is 9.26. The Hall–Kier alpha value is -4.79. The number of fused-ring (bicyclic) bond motifs is 3. The largest absolute Gasteiger partial charge is 0.461 e. The summed E-state index contributed by atoms with van der Waals surface area (Å²) in [5.74, 6) is -3.64. The summed E-state index contributed by atoms with van der Waals surface area (Å²) in [7, 11) is 0. The van der Waals surface area contributed by atoms with Crippen LogP contribution in [-0.2, 0) is 44.6 Å². The summed E-state index contributed by atoms with van der Waals surface area (Å²) in [5, 5.41) is 11.0. The number of esters is 1. The van der Waals surface area contributed by atoms with E-state index in [1.165, 1.54) is 35.6 Å². The highest BCUT2D eigenvalue weighted by molar-refractivity contribution is 7.09. The monoisotopic (exact) mass is 771 g/mol. The third kappa shape index (κ3) is 8.61. The van der Waals surface area contributed by atoms with Gasteiger partial charge in [0.15, 0.2) is 5.69 Å². The molecule has 1 aliphatic carbocycles. The molecule has 2 heterocycles. The maximum atomic E-state index is 14.8. The first-order chi connectivity index (χ1) is 25.6. The molecule has 54 heavy (non-hydrogen) atoms. The van der Waals surface area contributed by atoms with Crippen molar-refractivity contribution in [1.82, 2.24) is 25.9 Å². The second-order valence-corrected chi connectivity index (χ2v) is 14.8. The number of thiazole rings is 1. The minimum absolute atomic E-state index is 0.0152. The third-order valence-corrected chi connectivity index (χ3v) is 11.2. The van der Waals surface area contributed by atoms with E-state index < -0.39 is 64.8 Å². The van der Waals surface area contributed by atoms with Crippen LogP contribution in [0.15, 0.2) is 47.8 Å². The predicted octanol–water partition coefficient (Wildman–Crippen LogP) is 6.98. The van der Waals surface area contributed by atoms with E-state index in [0.717, 1.165) is 6.07 Å². The Kier molecular flexibility index (Phi) is 12.5. The van der Waals surface area contributed by atoms with Crippen molar-refractivity contribution in [2.75, 3.05) is 6.61 Å². The molecule has 0 fully saturated rings. The molecule has 10 nitrogen and oxygen atoms in total. The number of carbonyl (C=O) groups excluding carboxylic acids is 4. The number of hydrogen-bond acceptors (Lipinski definition) is 7. The summed E-state index contributed by atoms with van der Waals surface area (Å²) in [6, 6.07) is 7.83. The number of halogens is 4. The number of aryl methyl sites for hydroxylation is 1. The molecular formula is C39H45F4N5O5S. The number of benzene rings is 2. The van der Waals surface area contributed by atoms with Gasteiger partial charge in [0.1, 0.15) is 22.4 Å². The van der Waals surface area contributed by atoms with Crippen LogP contribution in [0.4, 0.5) is 17.6 Å². The Morgan fingerprint density at radius 2 is 1.72 bits per heavy atom. The molecule has 0 radical (unpaired) electrons. The Morgan fingerprint density at radius 1 is 1.00 bits per heavy atom. The molecule has 0 bridgehead atoms. The molecular weight excluding hydrogens is 727 g/mol. The van der Waals surface area contributed by atoms with Crippen LogP contribution in [0.2, 0.25) is 0 Å². The van der Waals surface area contributed by atoms with Gasteiger partial charge in [-0.25, -0.2) is 14.2 Å². The zero-order valence-corrected chi connectivity index (χ0v) is 31.6. The van der Waals surface area contributed by atoms with Crippen molar-refractivity contribution in [3.05, 3.63) is 86.7 Å². The molecule has 0 spiro atoms. The first kappa shape index (κ1) is 40.4. The van der Waals surface area contributed by atoms with E-state index in [4.69, 9.17) is 4.74 Å². The molecule has 2 aromatic heterocycles. The topological polar surface area (TPSA) is 142 Å². The molecule has 0 saturated heterocycles. The normalized spacial score (nSPS) is 17.9. The van der Waals surface area contributed by atoms with E-state index in [9.17, 15) is 36.7 Å². The van der Waals surface area contributed by atoms with Crippen molar-refractivity contribution in [2.45, 2.75) is 96.9 Å². The number of aromatic nitrogens is 2. The summed E-state index contributed by atoms with van der Waals surface area (Å²) in [6.07, 6.45) is -3.90. The summed E-state index contributed by atoms with van der Waals surface area (Å²) >= 11 is 1.17. The Balaban J connectivity index is 1.53. The van der Waals surface area contributed by atoms with E-state index in [1.807, 2.05) is 20.8 Å². The number of amides is 3. The Labute approximate surface area is 314 Å². The van der Waals surface area contributed by atoms with Crippen LogP contribution in [0.3, 0.4) is 0 Å². The standard InChI is InChI=1S/C39H45F4N5O5S/c1-6-21(4)31(46-30(49)18-23-12-9-10-15-27(23)40)34(50)48-38(17-16-28-25(19-38)24-13-11-14-26(33(24)44-28)39(41,42)43)37(52)47-32(22(5)7-2)35-45-29(20-54-35)36(51)53-8-3/h9-15,20-22,31-32,44H,6-8,16-19H2,1-5H3,(H,46,49)(H,47,52)(H,48,50)/t21-,22-,31-,32+,38-/m0/s1. The van der Waals surface area contributed by atoms with Gasteiger partial charge in [0.2, 0.25) is 17.7 Å². The fourth-order valence-electron chi connectivity index (χ4n) is 6.81. The molecule has 2 aromatic carbocycles. The van der Waals surface area contributed by atoms with Crippen LogP contribution >= 0.6 is 11.3 Å². The molecule has 290 valence electrons. The van der Waals surface area contributed by atoms with Gasteiger partial charge in [-0.1, -0.05) is 70.9 Å². The van der Waals surface area contributed by atoms with Gasteiger partial charge in [0, 0.05) is 22.9 Å². The summed E-state index contributed by atoms with van der Waals surface area (Å²) in [4.78, 5) is 62.2. The molecule has 15 heteroatoms. The number of ether oxygens (including phenoxy) is 1. The molecule has 4 N–H and O–H groups in total. The summed E-state index contributed by atoms with van der Waals surface area (Å²) in [5.41, 5.74) is -1.41. The van der Waals surface area contributed by atoms with Gasteiger partial charge in [0.25, 0.3) is 0 Å². The van der Waals surface area contributed by atoms with E-state index >= 15 is 0 Å². The molecule has 4 aromatic rings. The number of rotatable bonds is 14. The average Bonchev–Trinajstić information content (AvgIpc) is 3.78. The molecule has 0 unspecified atom stereocenters. The molecule has 1 aliphatic rings. The molecule has 0 aliphatic heterocycles. The van der Waals surface area contributed by atoms with Crippen molar-refractivity contribution in [3.8, 4) is 0 Å². The van der Waals surface area contributed by atoms with Gasteiger partial charge >= 0.3 is 12.1 Å². The van der Waals surface area contributed by atoms with Crippen LogP contribution in [0.25, 0.3) is 10.9 Å². The van der Waals surface area contributed by atoms with Crippen LogP contribution in [0, 0.1) is 17.7 Å². The number of nitrogens with one attached hydrogen (secondary N) is 4. The molecule has 3 amide bonds. The second kappa shape index (κ2) is 16.7. The highest BCUT2D eigenvalue weighted by Gasteiger charge is 2.47. The van der Waals surface area contributed by atoms with E-state index in [-0.39, 0.29) is 60.4 Å². The van der Waals surface area contributed by atoms with Gasteiger partial charge in [-0.2, -0.15) is 13.2 Å². The van der Waals surface area contributed by atoms with Gasteiger partial charge in [-0.3, -0.25) is 14.4 Å². The fourth-order valence-corrected chi connectivity index (χ4v) is 7.78. The van der Waals surface area contributed by atoms with Crippen LogP contribution < -0.4 is 16.0 Å². The zero-order chi connectivity index (χ0) is 39.4. The second-order valence-electron chi connectivity index (χ2n) is 13.9. The van der Waals surface area contributed by atoms with Crippen molar-refractivity contribution in [3.63, 3.8) is 0 Å². The van der Waals surface area contributed by atoms with Crippen LogP contribution in [0.5, 0.6) is 0 Å². The van der Waals surface area contributed by atoms with Gasteiger partial charge in [-0.05, 0) is 54.9 Å². The van der Waals surface area contributed by atoms with Crippen molar-refractivity contribution >= 4 is 45.9 Å².